The Morgan fingerprint density at radius 2 is 2.03 bits per heavy atom. The number of aromatic nitrogens is 6. The van der Waals surface area contributed by atoms with Gasteiger partial charge in [0.25, 0.3) is 0 Å². The zero-order valence-electron chi connectivity index (χ0n) is 20.7. The summed E-state index contributed by atoms with van der Waals surface area (Å²) in [4.78, 5) is 30.6. The number of imidazole rings is 1. The fourth-order valence-electron chi connectivity index (χ4n) is 4.91. The summed E-state index contributed by atoms with van der Waals surface area (Å²) in [5, 5.41) is 4.35. The molecule has 4 aromatic heterocycles. The van der Waals surface area contributed by atoms with Gasteiger partial charge in [-0.1, -0.05) is 36.5 Å². The zero-order chi connectivity index (χ0) is 25.2. The van der Waals surface area contributed by atoms with Crippen LogP contribution in [0, 0.1) is 11.8 Å². The molecular formula is C25H30ClN7O3. The van der Waals surface area contributed by atoms with Crippen molar-refractivity contribution < 1.29 is 9.26 Å². The Labute approximate surface area is 213 Å². The van der Waals surface area contributed by atoms with Crippen LogP contribution in [0.4, 0.5) is 5.95 Å². The number of ether oxygens (including phenoxy) is 1. The van der Waals surface area contributed by atoms with Crippen molar-refractivity contribution in [1.29, 1.82) is 0 Å². The summed E-state index contributed by atoms with van der Waals surface area (Å²) in [5.74, 6) is 1.75. The van der Waals surface area contributed by atoms with E-state index in [-0.39, 0.29) is 5.82 Å². The SMILES string of the molecule is COCCN(C)c1nc2cc(-c3noc(=O)[nH]3)nc(-c3cncc(Cl)c3)c2n1CC1CCC(C)CC1. The highest BCUT2D eigenvalue weighted by molar-refractivity contribution is 6.30. The van der Waals surface area contributed by atoms with Crippen LogP contribution in [-0.4, -0.2) is 57.0 Å². The number of rotatable bonds is 8. The summed E-state index contributed by atoms with van der Waals surface area (Å²) in [7, 11) is 3.71. The number of hydrogen-bond acceptors (Lipinski definition) is 8. The van der Waals surface area contributed by atoms with E-state index in [9.17, 15) is 4.79 Å². The van der Waals surface area contributed by atoms with Crippen LogP contribution in [0.3, 0.4) is 0 Å². The molecule has 36 heavy (non-hydrogen) atoms. The van der Waals surface area contributed by atoms with Crippen molar-refractivity contribution in [3.63, 3.8) is 0 Å². The minimum absolute atomic E-state index is 0.239. The molecule has 0 aromatic carbocycles. The molecule has 0 amide bonds. The first kappa shape index (κ1) is 24.5. The maximum Gasteiger partial charge on any atom is 0.439 e. The van der Waals surface area contributed by atoms with Crippen molar-refractivity contribution in [2.75, 3.05) is 32.2 Å². The number of pyridine rings is 2. The summed E-state index contributed by atoms with van der Waals surface area (Å²) in [6, 6.07) is 3.66. The first-order valence-corrected chi connectivity index (χ1v) is 12.6. The molecule has 190 valence electrons. The Kier molecular flexibility index (Phi) is 7.06. The third-order valence-corrected chi connectivity index (χ3v) is 7.12. The van der Waals surface area contributed by atoms with Crippen molar-refractivity contribution in [2.45, 2.75) is 39.2 Å². The van der Waals surface area contributed by atoms with Crippen molar-refractivity contribution in [2.24, 2.45) is 11.8 Å². The molecule has 1 N–H and O–H groups in total. The Morgan fingerprint density at radius 1 is 1.22 bits per heavy atom. The fraction of sp³-hybridized carbons (Fsp3) is 0.480. The smallest absolute Gasteiger partial charge is 0.383 e. The van der Waals surface area contributed by atoms with Crippen LogP contribution < -0.4 is 10.7 Å². The molecule has 0 bridgehead atoms. The molecule has 0 spiro atoms. The monoisotopic (exact) mass is 511 g/mol. The van der Waals surface area contributed by atoms with Gasteiger partial charge in [-0.15, -0.1) is 0 Å². The van der Waals surface area contributed by atoms with E-state index in [0.29, 0.717) is 35.5 Å². The second-order valence-electron chi connectivity index (χ2n) is 9.62. The Hall–Kier alpha value is -3.24. The van der Waals surface area contributed by atoms with E-state index in [2.05, 4.69) is 31.5 Å². The number of likely N-dealkylation sites (N-methyl/N-ethyl adjacent to an activating group) is 1. The largest absolute Gasteiger partial charge is 0.439 e. The lowest BCUT2D eigenvalue weighted by molar-refractivity contribution is 0.205. The number of nitrogens with one attached hydrogen (secondary N) is 1. The average molecular weight is 512 g/mol. The summed E-state index contributed by atoms with van der Waals surface area (Å²) in [5.41, 5.74) is 3.51. The van der Waals surface area contributed by atoms with Crippen LogP contribution >= 0.6 is 11.6 Å². The number of H-pyrrole nitrogens is 1. The van der Waals surface area contributed by atoms with Gasteiger partial charge in [0.05, 0.1) is 28.4 Å². The summed E-state index contributed by atoms with van der Waals surface area (Å²) >= 11 is 6.32. The number of halogens is 1. The molecule has 1 saturated carbocycles. The van der Waals surface area contributed by atoms with Gasteiger partial charge in [0.2, 0.25) is 11.8 Å². The lowest BCUT2D eigenvalue weighted by atomic mass is 9.83. The van der Waals surface area contributed by atoms with E-state index < -0.39 is 5.76 Å². The molecule has 0 unspecified atom stereocenters. The van der Waals surface area contributed by atoms with Gasteiger partial charge in [-0.3, -0.25) is 14.5 Å². The van der Waals surface area contributed by atoms with Crippen LogP contribution in [-0.2, 0) is 11.3 Å². The predicted octanol–water partition coefficient (Wildman–Crippen LogP) is 4.40. The first-order valence-electron chi connectivity index (χ1n) is 12.2. The van der Waals surface area contributed by atoms with Gasteiger partial charge in [0.1, 0.15) is 5.69 Å². The second-order valence-corrected chi connectivity index (χ2v) is 10.1. The molecule has 4 aromatic rings. The van der Waals surface area contributed by atoms with Gasteiger partial charge in [-0.2, -0.15) is 0 Å². The van der Waals surface area contributed by atoms with Crippen LogP contribution in [0.15, 0.2) is 33.8 Å². The standard InChI is InChI=1S/C25H30ClN7O3/c1-15-4-6-16(7-5-15)14-33-22-19(29-24(33)32(2)8-9-35-3)11-20(23-30-25(34)36-31-23)28-21(22)17-10-18(26)13-27-12-17/h10-13,15-16H,4-9,14H2,1-3H3,(H,30,31,34). The molecule has 0 atom stereocenters. The second kappa shape index (κ2) is 10.4. The van der Waals surface area contributed by atoms with E-state index in [4.69, 9.17) is 30.8 Å². The van der Waals surface area contributed by atoms with E-state index in [1.807, 2.05) is 19.2 Å². The topological polar surface area (TPSA) is 115 Å². The van der Waals surface area contributed by atoms with E-state index in [1.165, 1.54) is 25.7 Å². The van der Waals surface area contributed by atoms with Gasteiger partial charge < -0.3 is 14.2 Å². The maximum absolute atomic E-state index is 11.6. The number of methoxy groups -OCH3 is 1. The van der Waals surface area contributed by atoms with Gasteiger partial charge in [0, 0.05) is 45.2 Å². The van der Waals surface area contributed by atoms with Crippen LogP contribution in [0.5, 0.6) is 0 Å². The van der Waals surface area contributed by atoms with Crippen LogP contribution in [0.1, 0.15) is 32.6 Å². The van der Waals surface area contributed by atoms with Crippen molar-refractivity contribution >= 4 is 28.6 Å². The van der Waals surface area contributed by atoms with Crippen molar-refractivity contribution in [1.82, 2.24) is 29.7 Å². The Bertz CT molecular complexity index is 1400. The maximum atomic E-state index is 11.6. The molecule has 1 aliphatic carbocycles. The Balaban J connectivity index is 1.71. The van der Waals surface area contributed by atoms with Crippen LogP contribution in [0.25, 0.3) is 33.8 Å². The average Bonchev–Trinajstić information content (AvgIpc) is 3.47. The minimum atomic E-state index is -0.644. The lowest BCUT2D eigenvalue weighted by Crippen LogP contribution is -2.27. The van der Waals surface area contributed by atoms with Gasteiger partial charge in [-0.25, -0.2) is 14.8 Å². The quantitative estimate of drug-likeness (QED) is 0.370. The van der Waals surface area contributed by atoms with Gasteiger partial charge >= 0.3 is 5.76 Å². The number of fused-ring (bicyclic) bond motifs is 1. The molecule has 0 radical (unpaired) electrons. The third kappa shape index (κ3) is 5.01. The first-order chi connectivity index (χ1) is 17.4. The highest BCUT2D eigenvalue weighted by Crippen LogP contribution is 2.36. The fourth-order valence-corrected chi connectivity index (χ4v) is 5.08. The van der Waals surface area contributed by atoms with Crippen molar-refractivity contribution in [3.8, 4) is 22.8 Å². The molecule has 11 heteroatoms. The van der Waals surface area contributed by atoms with E-state index >= 15 is 0 Å². The number of aromatic amines is 1. The molecule has 4 heterocycles. The summed E-state index contributed by atoms with van der Waals surface area (Å²) in [6.45, 7) is 4.43. The Morgan fingerprint density at radius 3 is 2.72 bits per heavy atom. The predicted molar refractivity (Wildman–Crippen MR) is 138 cm³/mol. The molecule has 1 fully saturated rings. The number of nitrogens with zero attached hydrogens (tertiary/aromatic N) is 6. The van der Waals surface area contributed by atoms with Gasteiger partial charge in [-0.05, 0) is 36.8 Å². The highest BCUT2D eigenvalue weighted by atomic mass is 35.5. The van der Waals surface area contributed by atoms with E-state index in [1.54, 1.807) is 19.5 Å². The lowest BCUT2D eigenvalue weighted by Gasteiger charge is -2.28. The number of hydrogen-bond donors (Lipinski definition) is 1. The third-order valence-electron chi connectivity index (χ3n) is 6.91. The summed E-state index contributed by atoms with van der Waals surface area (Å²) in [6.07, 6.45) is 8.16. The van der Waals surface area contributed by atoms with Gasteiger partial charge in [0.15, 0.2) is 0 Å². The minimum Gasteiger partial charge on any atom is -0.383 e. The number of anilines is 1. The molecule has 0 aliphatic heterocycles. The molecular weight excluding hydrogens is 482 g/mol. The molecule has 10 nitrogen and oxygen atoms in total. The van der Waals surface area contributed by atoms with Crippen LogP contribution in [0.2, 0.25) is 5.02 Å². The summed E-state index contributed by atoms with van der Waals surface area (Å²) < 4.78 is 12.3. The molecule has 1 aliphatic rings. The normalized spacial score (nSPS) is 18.1. The van der Waals surface area contributed by atoms with Crippen molar-refractivity contribution in [3.05, 3.63) is 40.1 Å². The zero-order valence-corrected chi connectivity index (χ0v) is 21.5. The molecule has 0 saturated heterocycles. The highest BCUT2D eigenvalue weighted by Gasteiger charge is 2.26. The van der Waals surface area contributed by atoms with E-state index in [0.717, 1.165) is 35.0 Å². The molecule has 5 rings (SSSR count).